The number of carbonyl (C=O) groups is 1. The third kappa shape index (κ3) is 5.20. The Labute approximate surface area is 168 Å². The summed E-state index contributed by atoms with van der Waals surface area (Å²) >= 11 is 3.48. The number of hydrogen-bond acceptors (Lipinski definition) is 3. The quantitative estimate of drug-likeness (QED) is 0.364. The summed E-state index contributed by atoms with van der Waals surface area (Å²) in [4.78, 5) is 12.5. The van der Waals surface area contributed by atoms with Crippen molar-refractivity contribution >= 4 is 21.9 Å². The van der Waals surface area contributed by atoms with Gasteiger partial charge in [0.1, 0.15) is 11.5 Å². The molecule has 0 bridgehead atoms. The predicted molar refractivity (Wildman–Crippen MR) is 111 cm³/mol. The first-order valence-corrected chi connectivity index (χ1v) is 9.58. The molecule has 27 heavy (non-hydrogen) atoms. The molecule has 0 radical (unpaired) electrons. The smallest absolute Gasteiger partial charge is 0.343 e. The molecule has 4 heteroatoms. The van der Waals surface area contributed by atoms with Crippen LogP contribution in [0.4, 0.5) is 0 Å². The Balaban J connectivity index is 1.63. The minimum Gasteiger partial charge on any atom is -0.492 e. The molecule has 0 aromatic heterocycles. The predicted octanol–water partition coefficient (Wildman–Crippen LogP) is 5.91. The Hall–Kier alpha value is -2.59. The fourth-order valence-corrected chi connectivity index (χ4v) is 3.14. The molecule has 0 saturated carbocycles. The number of aryl methyl sites for hydroxylation is 2. The van der Waals surface area contributed by atoms with E-state index >= 15 is 0 Å². The minimum absolute atomic E-state index is 0.389. The zero-order valence-corrected chi connectivity index (χ0v) is 17.0. The van der Waals surface area contributed by atoms with Gasteiger partial charge in [0, 0.05) is 6.42 Å². The van der Waals surface area contributed by atoms with Gasteiger partial charge in [-0.1, -0.05) is 42.5 Å². The van der Waals surface area contributed by atoms with Crippen LogP contribution in [0.3, 0.4) is 0 Å². The molecule has 138 valence electrons. The lowest BCUT2D eigenvalue weighted by Gasteiger charge is -2.11. The molecule has 3 aromatic rings. The van der Waals surface area contributed by atoms with Gasteiger partial charge in [0.05, 0.1) is 16.6 Å². The van der Waals surface area contributed by atoms with Gasteiger partial charge in [0.15, 0.2) is 0 Å². The number of hydrogen-bond donors (Lipinski definition) is 0. The summed E-state index contributed by atoms with van der Waals surface area (Å²) in [5.41, 5.74) is 3.67. The highest BCUT2D eigenvalue weighted by molar-refractivity contribution is 9.10. The van der Waals surface area contributed by atoms with Gasteiger partial charge >= 0.3 is 5.97 Å². The Kier molecular flexibility index (Phi) is 6.30. The molecule has 0 spiro atoms. The van der Waals surface area contributed by atoms with Crippen LogP contribution in [0.1, 0.15) is 27.0 Å². The SMILES string of the molecule is Cc1ccc(C)c(OC(=O)c2ccc(OCCc3ccccc3)c(Br)c2)c1. The van der Waals surface area contributed by atoms with Gasteiger partial charge in [0.2, 0.25) is 0 Å². The number of ether oxygens (including phenoxy) is 2. The largest absolute Gasteiger partial charge is 0.492 e. The molecule has 0 amide bonds. The van der Waals surface area contributed by atoms with Crippen molar-refractivity contribution in [2.24, 2.45) is 0 Å². The van der Waals surface area contributed by atoms with E-state index in [9.17, 15) is 4.79 Å². The lowest BCUT2D eigenvalue weighted by Crippen LogP contribution is -2.10. The standard InChI is InChI=1S/C23H21BrO3/c1-16-8-9-17(2)22(14-16)27-23(25)19-10-11-21(20(24)15-19)26-13-12-18-6-4-3-5-7-18/h3-11,14-15H,12-13H2,1-2H3. The number of esters is 1. The highest BCUT2D eigenvalue weighted by atomic mass is 79.9. The number of halogens is 1. The second kappa shape index (κ2) is 8.87. The molecule has 3 aromatic carbocycles. The van der Waals surface area contributed by atoms with Crippen molar-refractivity contribution in [1.29, 1.82) is 0 Å². The summed E-state index contributed by atoms with van der Waals surface area (Å²) < 4.78 is 12.1. The van der Waals surface area contributed by atoms with Gasteiger partial charge < -0.3 is 9.47 Å². The molecule has 0 aliphatic heterocycles. The number of carbonyl (C=O) groups excluding carboxylic acids is 1. The first-order valence-electron chi connectivity index (χ1n) is 8.78. The van der Waals surface area contributed by atoms with E-state index in [0.29, 0.717) is 23.7 Å². The summed E-state index contributed by atoms with van der Waals surface area (Å²) in [6, 6.07) is 21.2. The molecule has 0 aliphatic rings. The molecular weight excluding hydrogens is 404 g/mol. The van der Waals surface area contributed by atoms with Gasteiger partial charge in [-0.15, -0.1) is 0 Å². The number of rotatable bonds is 6. The van der Waals surface area contributed by atoms with E-state index in [4.69, 9.17) is 9.47 Å². The van der Waals surface area contributed by atoms with Crippen molar-refractivity contribution in [1.82, 2.24) is 0 Å². The van der Waals surface area contributed by atoms with Gasteiger partial charge in [0.25, 0.3) is 0 Å². The average molecular weight is 425 g/mol. The maximum atomic E-state index is 12.5. The Morgan fingerprint density at radius 1 is 0.926 bits per heavy atom. The molecule has 0 N–H and O–H groups in total. The first kappa shape index (κ1) is 19.2. The zero-order valence-electron chi connectivity index (χ0n) is 15.4. The van der Waals surface area contributed by atoms with Crippen LogP contribution in [-0.4, -0.2) is 12.6 Å². The van der Waals surface area contributed by atoms with E-state index in [1.54, 1.807) is 18.2 Å². The van der Waals surface area contributed by atoms with Crippen molar-refractivity contribution in [2.75, 3.05) is 6.61 Å². The van der Waals surface area contributed by atoms with Crippen molar-refractivity contribution in [3.8, 4) is 11.5 Å². The van der Waals surface area contributed by atoms with E-state index < -0.39 is 0 Å². The van der Waals surface area contributed by atoms with E-state index in [2.05, 4.69) is 28.1 Å². The summed E-state index contributed by atoms with van der Waals surface area (Å²) in [5, 5.41) is 0. The molecule has 3 rings (SSSR count). The second-order valence-corrected chi connectivity index (χ2v) is 7.24. The van der Waals surface area contributed by atoms with E-state index in [0.717, 1.165) is 22.0 Å². The van der Waals surface area contributed by atoms with Crippen molar-refractivity contribution in [2.45, 2.75) is 20.3 Å². The normalized spacial score (nSPS) is 10.5. The van der Waals surface area contributed by atoms with Crippen LogP contribution < -0.4 is 9.47 Å². The first-order chi connectivity index (χ1) is 13.0. The molecule has 0 aliphatic carbocycles. The Bertz CT molecular complexity index is 936. The summed E-state index contributed by atoms with van der Waals surface area (Å²) in [7, 11) is 0. The summed E-state index contributed by atoms with van der Waals surface area (Å²) in [6.07, 6.45) is 0.823. The fourth-order valence-electron chi connectivity index (χ4n) is 2.64. The lowest BCUT2D eigenvalue weighted by atomic mass is 10.1. The molecule has 0 unspecified atom stereocenters. The van der Waals surface area contributed by atoms with Crippen LogP contribution >= 0.6 is 15.9 Å². The highest BCUT2D eigenvalue weighted by Gasteiger charge is 2.13. The van der Waals surface area contributed by atoms with Gasteiger partial charge in [-0.05, 0) is 70.7 Å². The van der Waals surface area contributed by atoms with Crippen molar-refractivity contribution in [3.63, 3.8) is 0 Å². The lowest BCUT2D eigenvalue weighted by molar-refractivity contribution is 0.0733. The molecule has 0 atom stereocenters. The summed E-state index contributed by atoms with van der Waals surface area (Å²) in [6.45, 7) is 4.45. The average Bonchev–Trinajstić information content (AvgIpc) is 2.67. The summed E-state index contributed by atoms with van der Waals surface area (Å²) in [5.74, 6) is 0.897. The van der Waals surface area contributed by atoms with Crippen LogP contribution in [0.25, 0.3) is 0 Å². The fraction of sp³-hybridized carbons (Fsp3) is 0.174. The molecule has 0 saturated heterocycles. The topological polar surface area (TPSA) is 35.5 Å². The van der Waals surface area contributed by atoms with Crippen LogP contribution in [-0.2, 0) is 6.42 Å². The van der Waals surface area contributed by atoms with E-state index in [-0.39, 0.29) is 5.97 Å². The number of benzene rings is 3. The van der Waals surface area contributed by atoms with Gasteiger partial charge in [-0.25, -0.2) is 4.79 Å². The molecular formula is C23H21BrO3. The minimum atomic E-state index is -0.389. The van der Waals surface area contributed by atoms with Crippen LogP contribution in [0.15, 0.2) is 71.2 Å². The van der Waals surface area contributed by atoms with Crippen LogP contribution in [0, 0.1) is 13.8 Å². The third-order valence-electron chi connectivity index (χ3n) is 4.21. The van der Waals surface area contributed by atoms with E-state index in [1.807, 2.05) is 50.2 Å². The van der Waals surface area contributed by atoms with Crippen LogP contribution in [0.2, 0.25) is 0 Å². The molecule has 3 nitrogen and oxygen atoms in total. The molecule has 0 heterocycles. The van der Waals surface area contributed by atoms with Gasteiger partial charge in [-0.2, -0.15) is 0 Å². The van der Waals surface area contributed by atoms with E-state index in [1.165, 1.54) is 5.56 Å². The maximum Gasteiger partial charge on any atom is 0.343 e. The highest BCUT2D eigenvalue weighted by Crippen LogP contribution is 2.27. The van der Waals surface area contributed by atoms with Crippen LogP contribution in [0.5, 0.6) is 11.5 Å². The Morgan fingerprint density at radius 2 is 1.70 bits per heavy atom. The monoisotopic (exact) mass is 424 g/mol. The van der Waals surface area contributed by atoms with Crippen molar-refractivity contribution in [3.05, 3.63) is 93.5 Å². The Morgan fingerprint density at radius 3 is 2.44 bits per heavy atom. The maximum absolute atomic E-state index is 12.5. The zero-order chi connectivity index (χ0) is 19.2. The molecule has 0 fully saturated rings. The van der Waals surface area contributed by atoms with Crippen molar-refractivity contribution < 1.29 is 14.3 Å². The second-order valence-electron chi connectivity index (χ2n) is 6.39. The third-order valence-corrected chi connectivity index (χ3v) is 4.82. The van der Waals surface area contributed by atoms with Gasteiger partial charge in [-0.3, -0.25) is 0 Å².